The zero-order valence-corrected chi connectivity index (χ0v) is 13.5. The van der Waals surface area contributed by atoms with Crippen molar-refractivity contribution < 1.29 is 9.26 Å². The van der Waals surface area contributed by atoms with Gasteiger partial charge in [0.2, 0.25) is 11.7 Å². The third kappa shape index (κ3) is 2.73. The molecule has 3 heterocycles. The summed E-state index contributed by atoms with van der Waals surface area (Å²) in [5, 5.41) is 16.1. The van der Waals surface area contributed by atoms with Crippen LogP contribution in [0.25, 0.3) is 5.69 Å². The maximum Gasteiger partial charge on any atom is 0.250 e. The Balaban J connectivity index is 1.60. The highest BCUT2D eigenvalue weighted by Gasteiger charge is 2.29. The first-order valence-electron chi connectivity index (χ1n) is 7.73. The SMILES string of the molecule is Cc1ccc(-n2nnnc2N2CCO[C@@H](c3noc(C)n3)C2)cc1. The fraction of sp³-hybridized carbons (Fsp3) is 0.400. The summed E-state index contributed by atoms with van der Waals surface area (Å²) in [6, 6.07) is 8.06. The molecule has 0 saturated carbocycles. The number of benzene rings is 1. The van der Waals surface area contributed by atoms with Gasteiger partial charge in [0.05, 0.1) is 18.8 Å². The van der Waals surface area contributed by atoms with E-state index in [2.05, 4.69) is 30.6 Å². The normalized spacial score (nSPS) is 18.1. The van der Waals surface area contributed by atoms with Crippen LogP contribution in [0.3, 0.4) is 0 Å². The molecule has 0 amide bonds. The maximum absolute atomic E-state index is 5.76. The first-order valence-corrected chi connectivity index (χ1v) is 7.73. The highest BCUT2D eigenvalue weighted by atomic mass is 16.5. The molecule has 0 N–H and O–H groups in total. The number of ether oxygens (including phenoxy) is 1. The van der Waals surface area contributed by atoms with E-state index in [-0.39, 0.29) is 6.10 Å². The standard InChI is InChI=1S/C15H17N7O2/c1-10-3-5-12(6-4-10)22-15(17-19-20-22)21-7-8-23-13(9-21)14-16-11(2)24-18-14/h3-6,13H,7-9H2,1-2H3/t13-/m1/s1. The summed E-state index contributed by atoms with van der Waals surface area (Å²) in [4.78, 5) is 6.32. The average molecular weight is 327 g/mol. The maximum atomic E-state index is 5.76. The smallest absolute Gasteiger partial charge is 0.250 e. The molecular weight excluding hydrogens is 310 g/mol. The number of hydrogen-bond donors (Lipinski definition) is 0. The zero-order chi connectivity index (χ0) is 16.5. The Kier molecular flexibility index (Phi) is 3.69. The highest BCUT2D eigenvalue weighted by Crippen LogP contribution is 2.24. The van der Waals surface area contributed by atoms with Crippen molar-refractivity contribution in [3.8, 4) is 5.69 Å². The van der Waals surface area contributed by atoms with Crippen molar-refractivity contribution >= 4 is 5.95 Å². The minimum Gasteiger partial charge on any atom is -0.366 e. The second-order valence-corrected chi connectivity index (χ2v) is 5.70. The molecule has 1 aliphatic rings. The van der Waals surface area contributed by atoms with Crippen LogP contribution in [0.4, 0.5) is 5.95 Å². The van der Waals surface area contributed by atoms with E-state index >= 15 is 0 Å². The Labute approximate surface area is 138 Å². The summed E-state index contributed by atoms with van der Waals surface area (Å²) in [6.07, 6.45) is -0.264. The lowest BCUT2D eigenvalue weighted by atomic mass is 10.2. The second-order valence-electron chi connectivity index (χ2n) is 5.70. The number of nitrogens with zero attached hydrogens (tertiary/aromatic N) is 7. The van der Waals surface area contributed by atoms with Crippen LogP contribution < -0.4 is 4.90 Å². The molecule has 0 aliphatic carbocycles. The Hall–Kier alpha value is -2.81. The van der Waals surface area contributed by atoms with E-state index in [1.54, 1.807) is 11.6 Å². The quantitative estimate of drug-likeness (QED) is 0.709. The van der Waals surface area contributed by atoms with Crippen LogP contribution in [-0.4, -0.2) is 50.0 Å². The van der Waals surface area contributed by atoms with E-state index in [0.717, 1.165) is 5.69 Å². The van der Waals surface area contributed by atoms with E-state index in [1.807, 2.05) is 31.2 Å². The third-order valence-electron chi connectivity index (χ3n) is 3.91. The molecular formula is C15H17N7O2. The van der Waals surface area contributed by atoms with Gasteiger partial charge < -0.3 is 14.2 Å². The lowest BCUT2D eigenvalue weighted by Crippen LogP contribution is -2.40. The molecule has 1 aliphatic heterocycles. The van der Waals surface area contributed by atoms with Gasteiger partial charge in [-0.05, 0) is 29.5 Å². The Bertz CT molecular complexity index is 826. The first-order chi connectivity index (χ1) is 11.7. The van der Waals surface area contributed by atoms with E-state index < -0.39 is 0 Å². The third-order valence-corrected chi connectivity index (χ3v) is 3.91. The fourth-order valence-corrected chi connectivity index (χ4v) is 2.67. The Morgan fingerprint density at radius 2 is 2.00 bits per heavy atom. The van der Waals surface area contributed by atoms with Gasteiger partial charge in [-0.3, -0.25) is 0 Å². The lowest BCUT2D eigenvalue weighted by Gasteiger charge is -2.31. The largest absolute Gasteiger partial charge is 0.366 e. The molecule has 1 saturated heterocycles. The molecule has 0 bridgehead atoms. The molecule has 9 heteroatoms. The zero-order valence-electron chi connectivity index (χ0n) is 13.5. The molecule has 9 nitrogen and oxygen atoms in total. The summed E-state index contributed by atoms with van der Waals surface area (Å²) < 4.78 is 12.5. The van der Waals surface area contributed by atoms with Gasteiger partial charge >= 0.3 is 0 Å². The van der Waals surface area contributed by atoms with Gasteiger partial charge in [-0.2, -0.15) is 9.67 Å². The van der Waals surface area contributed by atoms with E-state index in [4.69, 9.17) is 9.26 Å². The van der Waals surface area contributed by atoms with Gasteiger partial charge in [0, 0.05) is 13.5 Å². The van der Waals surface area contributed by atoms with E-state index in [1.165, 1.54) is 5.56 Å². The number of anilines is 1. The van der Waals surface area contributed by atoms with Crippen molar-refractivity contribution in [2.45, 2.75) is 20.0 Å². The van der Waals surface area contributed by atoms with Crippen molar-refractivity contribution in [3.05, 3.63) is 41.5 Å². The Morgan fingerprint density at radius 3 is 2.75 bits per heavy atom. The van der Waals surface area contributed by atoms with Crippen LogP contribution in [0.1, 0.15) is 23.4 Å². The predicted molar refractivity (Wildman–Crippen MR) is 83.8 cm³/mol. The molecule has 0 spiro atoms. The molecule has 0 unspecified atom stereocenters. The van der Waals surface area contributed by atoms with Crippen molar-refractivity contribution in [2.24, 2.45) is 0 Å². The van der Waals surface area contributed by atoms with Crippen LogP contribution in [-0.2, 0) is 4.74 Å². The van der Waals surface area contributed by atoms with Gasteiger partial charge in [0.25, 0.3) is 5.95 Å². The molecule has 24 heavy (non-hydrogen) atoms. The van der Waals surface area contributed by atoms with Crippen LogP contribution >= 0.6 is 0 Å². The fourth-order valence-electron chi connectivity index (χ4n) is 2.67. The van der Waals surface area contributed by atoms with Gasteiger partial charge in [0.15, 0.2) is 0 Å². The number of rotatable bonds is 3. The minimum atomic E-state index is -0.264. The van der Waals surface area contributed by atoms with Crippen molar-refractivity contribution in [2.75, 3.05) is 24.6 Å². The molecule has 1 aromatic carbocycles. The van der Waals surface area contributed by atoms with Crippen molar-refractivity contribution in [1.82, 2.24) is 30.3 Å². The molecule has 1 atom stereocenters. The molecule has 1 fully saturated rings. The number of morpholine rings is 1. The van der Waals surface area contributed by atoms with Gasteiger partial charge in [-0.1, -0.05) is 28.0 Å². The topological polar surface area (TPSA) is 95.0 Å². The summed E-state index contributed by atoms with van der Waals surface area (Å²) in [6.45, 7) is 5.60. The predicted octanol–water partition coefficient (Wildman–Crippen LogP) is 1.24. The van der Waals surface area contributed by atoms with Crippen LogP contribution in [0.15, 0.2) is 28.8 Å². The van der Waals surface area contributed by atoms with Crippen molar-refractivity contribution in [1.29, 1.82) is 0 Å². The molecule has 124 valence electrons. The van der Waals surface area contributed by atoms with Gasteiger partial charge in [0.1, 0.15) is 6.10 Å². The van der Waals surface area contributed by atoms with E-state index in [0.29, 0.717) is 37.4 Å². The molecule has 3 aromatic rings. The second kappa shape index (κ2) is 6.00. The highest BCUT2D eigenvalue weighted by molar-refractivity contribution is 5.42. The summed E-state index contributed by atoms with van der Waals surface area (Å²) in [7, 11) is 0. The number of aromatic nitrogens is 6. The van der Waals surface area contributed by atoms with Crippen molar-refractivity contribution in [3.63, 3.8) is 0 Å². The number of hydrogen-bond acceptors (Lipinski definition) is 8. The van der Waals surface area contributed by atoms with Gasteiger partial charge in [-0.25, -0.2) is 0 Å². The molecule has 2 aromatic heterocycles. The summed E-state index contributed by atoms with van der Waals surface area (Å²) in [5.74, 6) is 1.74. The number of tetrazole rings is 1. The first kappa shape index (κ1) is 14.8. The van der Waals surface area contributed by atoms with E-state index in [9.17, 15) is 0 Å². The molecule has 4 rings (SSSR count). The van der Waals surface area contributed by atoms with Gasteiger partial charge in [-0.15, -0.1) is 0 Å². The van der Waals surface area contributed by atoms with Crippen LogP contribution in [0.5, 0.6) is 0 Å². The monoisotopic (exact) mass is 327 g/mol. The lowest BCUT2D eigenvalue weighted by molar-refractivity contribution is 0.0319. The van der Waals surface area contributed by atoms with Crippen LogP contribution in [0.2, 0.25) is 0 Å². The summed E-state index contributed by atoms with van der Waals surface area (Å²) in [5.41, 5.74) is 2.10. The minimum absolute atomic E-state index is 0.264. The average Bonchev–Trinajstić information content (AvgIpc) is 3.25. The Morgan fingerprint density at radius 1 is 1.17 bits per heavy atom. The summed E-state index contributed by atoms with van der Waals surface area (Å²) >= 11 is 0. The number of aryl methyl sites for hydroxylation is 2. The van der Waals surface area contributed by atoms with Crippen LogP contribution in [0, 0.1) is 13.8 Å². The molecule has 0 radical (unpaired) electrons.